The first kappa shape index (κ1) is 16.1. The lowest BCUT2D eigenvalue weighted by molar-refractivity contribution is -0.665. The third-order valence-electron chi connectivity index (χ3n) is 7.13. The molecule has 2 bridgehead atoms. The Labute approximate surface area is 156 Å². The summed E-state index contributed by atoms with van der Waals surface area (Å²) >= 11 is 0. The van der Waals surface area contributed by atoms with Gasteiger partial charge in [-0.3, -0.25) is 0 Å². The maximum absolute atomic E-state index is 2.50. The summed E-state index contributed by atoms with van der Waals surface area (Å²) in [5, 5.41) is 2.78. The number of hydrogen-bond donors (Lipinski definition) is 0. The van der Waals surface area contributed by atoms with Gasteiger partial charge >= 0.3 is 0 Å². The van der Waals surface area contributed by atoms with Gasteiger partial charge < -0.3 is 0 Å². The first-order valence-corrected chi connectivity index (χ1v) is 10.1. The Morgan fingerprint density at radius 1 is 0.923 bits per heavy atom. The summed E-state index contributed by atoms with van der Waals surface area (Å²) in [5.74, 6) is 2.74. The number of aromatic nitrogens is 1. The highest BCUT2D eigenvalue weighted by Gasteiger charge is 2.40. The van der Waals surface area contributed by atoms with Crippen LogP contribution in [-0.4, -0.2) is 0 Å². The van der Waals surface area contributed by atoms with Gasteiger partial charge in [0.25, 0.3) is 0 Å². The van der Waals surface area contributed by atoms with Gasteiger partial charge in [0.15, 0.2) is 5.69 Å². The lowest BCUT2D eigenvalue weighted by Gasteiger charge is -2.22. The van der Waals surface area contributed by atoms with Crippen LogP contribution in [-0.2, 0) is 7.05 Å². The van der Waals surface area contributed by atoms with Crippen molar-refractivity contribution < 1.29 is 4.57 Å². The molecular formula is C25H28N+. The lowest BCUT2D eigenvalue weighted by atomic mass is 9.82. The van der Waals surface area contributed by atoms with E-state index in [1.54, 1.807) is 5.56 Å². The second-order valence-electron chi connectivity index (χ2n) is 8.64. The summed E-state index contributed by atoms with van der Waals surface area (Å²) in [6.45, 7) is 4.44. The van der Waals surface area contributed by atoms with Crippen LogP contribution in [0.4, 0.5) is 0 Å². The molecule has 2 saturated carbocycles. The first-order chi connectivity index (χ1) is 12.6. The first-order valence-electron chi connectivity index (χ1n) is 10.1. The summed E-state index contributed by atoms with van der Waals surface area (Å²) in [7, 11) is 2.19. The fourth-order valence-corrected chi connectivity index (χ4v) is 5.64. The van der Waals surface area contributed by atoms with Crippen molar-refractivity contribution in [2.24, 2.45) is 18.9 Å². The zero-order chi connectivity index (χ0) is 17.8. The molecule has 0 saturated heterocycles. The molecule has 132 valence electrons. The number of pyridine rings is 1. The number of benzene rings is 2. The van der Waals surface area contributed by atoms with Crippen molar-refractivity contribution in [1.29, 1.82) is 0 Å². The van der Waals surface area contributed by atoms with E-state index in [0.29, 0.717) is 0 Å². The Morgan fingerprint density at radius 3 is 2.50 bits per heavy atom. The summed E-state index contributed by atoms with van der Waals surface area (Å²) in [5.41, 5.74) is 6.93. The molecule has 26 heavy (non-hydrogen) atoms. The summed E-state index contributed by atoms with van der Waals surface area (Å²) in [6.07, 6.45) is 5.81. The normalized spacial score (nSPS) is 24.5. The summed E-state index contributed by atoms with van der Waals surface area (Å²) < 4.78 is 2.35. The predicted molar refractivity (Wildman–Crippen MR) is 108 cm³/mol. The lowest BCUT2D eigenvalue weighted by Crippen LogP contribution is -2.35. The van der Waals surface area contributed by atoms with Crippen molar-refractivity contribution in [2.45, 2.75) is 45.4 Å². The zero-order valence-corrected chi connectivity index (χ0v) is 16.1. The Balaban J connectivity index is 1.69. The van der Waals surface area contributed by atoms with E-state index in [4.69, 9.17) is 0 Å². The molecule has 2 aromatic carbocycles. The summed E-state index contributed by atoms with van der Waals surface area (Å²) in [6, 6.07) is 18.4. The third kappa shape index (κ3) is 2.40. The molecule has 1 nitrogen and oxygen atoms in total. The Hall–Kier alpha value is -2.15. The Morgan fingerprint density at radius 2 is 1.77 bits per heavy atom. The molecule has 2 aliphatic carbocycles. The van der Waals surface area contributed by atoms with Gasteiger partial charge in [-0.05, 0) is 72.6 Å². The molecule has 3 unspecified atom stereocenters. The maximum atomic E-state index is 2.50. The van der Waals surface area contributed by atoms with Crippen LogP contribution in [0.5, 0.6) is 0 Å². The molecule has 3 atom stereocenters. The second kappa shape index (κ2) is 5.94. The molecule has 1 heterocycles. The largest absolute Gasteiger partial charge is 0.220 e. The fraction of sp³-hybridized carbons (Fsp3) is 0.400. The van der Waals surface area contributed by atoms with Crippen molar-refractivity contribution in [1.82, 2.24) is 0 Å². The molecular weight excluding hydrogens is 314 g/mol. The van der Waals surface area contributed by atoms with Crippen molar-refractivity contribution in [2.75, 3.05) is 0 Å². The SMILES string of the molecule is Cc1ccccc1-c1c2ccc(C3CC4CCC3C4)cc2cc(C)[n+]1C. The number of fused-ring (bicyclic) bond motifs is 3. The monoisotopic (exact) mass is 342 g/mol. The van der Waals surface area contributed by atoms with E-state index in [2.05, 4.69) is 74.0 Å². The van der Waals surface area contributed by atoms with Gasteiger partial charge in [-0.1, -0.05) is 36.8 Å². The molecule has 0 amide bonds. The zero-order valence-electron chi connectivity index (χ0n) is 16.1. The molecule has 2 aliphatic rings. The topological polar surface area (TPSA) is 3.88 Å². The molecule has 0 spiro atoms. The molecule has 0 radical (unpaired) electrons. The third-order valence-corrected chi connectivity index (χ3v) is 7.13. The standard InChI is InChI=1S/C25H28N/c1-16-6-4-5-7-22(16)25-23-11-10-20(15-21(23)12-17(2)26(25)3)24-14-18-8-9-19(24)13-18/h4-7,10-12,15,18-19,24H,8-9,13-14H2,1-3H3/q+1. The van der Waals surface area contributed by atoms with Crippen LogP contribution in [0.1, 0.15) is 48.4 Å². The number of nitrogens with zero attached hydrogens (tertiary/aromatic N) is 1. The van der Waals surface area contributed by atoms with Gasteiger partial charge in [0.05, 0.1) is 5.39 Å². The fourth-order valence-electron chi connectivity index (χ4n) is 5.64. The van der Waals surface area contributed by atoms with Crippen molar-refractivity contribution in [3.05, 3.63) is 65.4 Å². The van der Waals surface area contributed by atoms with E-state index < -0.39 is 0 Å². The quantitative estimate of drug-likeness (QED) is 0.514. The van der Waals surface area contributed by atoms with Gasteiger partial charge in [-0.2, -0.15) is 4.57 Å². The molecule has 1 heteroatoms. The van der Waals surface area contributed by atoms with Gasteiger partial charge in [-0.25, -0.2) is 0 Å². The van der Waals surface area contributed by atoms with E-state index in [1.807, 2.05) is 0 Å². The van der Waals surface area contributed by atoms with E-state index in [9.17, 15) is 0 Å². The van der Waals surface area contributed by atoms with Crippen LogP contribution in [0.15, 0.2) is 48.5 Å². The number of rotatable bonds is 2. The van der Waals surface area contributed by atoms with E-state index >= 15 is 0 Å². The van der Waals surface area contributed by atoms with Crippen molar-refractivity contribution in [3.63, 3.8) is 0 Å². The van der Waals surface area contributed by atoms with Crippen molar-refractivity contribution >= 4 is 10.8 Å². The Kier molecular flexibility index (Phi) is 3.67. The second-order valence-corrected chi connectivity index (χ2v) is 8.64. The summed E-state index contributed by atoms with van der Waals surface area (Å²) in [4.78, 5) is 0. The smallest absolute Gasteiger partial charge is 0.198 e. The van der Waals surface area contributed by atoms with Crippen LogP contribution < -0.4 is 4.57 Å². The highest BCUT2D eigenvalue weighted by molar-refractivity contribution is 5.94. The van der Waals surface area contributed by atoms with Crippen LogP contribution >= 0.6 is 0 Å². The molecule has 0 N–H and O–H groups in total. The van der Waals surface area contributed by atoms with Gasteiger partial charge in [0.2, 0.25) is 5.69 Å². The highest BCUT2D eigenvalue weighted by atomic mass is 14.9. The van der Waals surface area contributed by atoms with Crippen molar-refractivity contribution in [3.8, 4) is 11.3 Å². The molecule has 2 fully saturated rings. The van der Waals surface area contributed by atoms with E-state index in [-0.39, 0.29) is 0 Å². The number of aryl methyl sites for hydroxylation is 2. The van der Waals surface area contributed by atoms with E-state index in [0.717, 1.165) is 17.8 Å². The minimum atomic E-state index is 0.800. The van der Waals surface area contributed by atoms with Gasteiger partial charge in [-0.15, -0.1) is 0 Å². The van der Waals surface area contributed by atoms with Gasteiger partial charge in [0.1, 0.15) is 7.05 Å². The molecule has 1 aromatic heterocycles. The van der Waals surface area contributed by atoms with Crippen LogP contribution in [0.2, 0.25) is 0 Å². The predicted octanol–water partition coefficient (Wildman–Crippen LogP) is 5.85. The average molecular weight is 343 g/mol. The molecule has 0 aliphatic heterocycles. The maximum Gasteiger partial charge on any atom is 0.220 e. The Bertz CT molecular complexity index is 1000. The molecule has 3 aromatic rings. The number of hydrogen-bond acceptors (Lipinski definition) is 0. The average Bonchev–Trinajstić information content (AvgIpc) is 3.27. The van der Waals surface area contributed by atoms with Crippen LogP contribution in [0, 0.1) is 25.7 Å². The van der Waals surface area contributed by atoms with Crippen LogP contribution in [0.25, 0.3) is 22.0 Å². The minimum Gasteiger partial charge on any atom is -0.198 e. The highest BCUT2D eigenvalue weighted by Crippen LogP contribution is 2.53. The minimum absolute atomic E-state index is 0.800. The van der Waals surface area contributed by atoms with E-state index in [1.165, 1.54) is 59.0 Å². The van der Waals surface area contributed by atoms with Gasteiger partial charge in [0, 0.05) is 18.6 Å². The van der Waals surface area contributed by atoms with Crippen LogP contribution in [0.3, 0.4) is 0 Å². The molecule has 5 rings (SSSR count).